The number of halogens is 1. The van der Waals surface area contributed by atoms with E-state index in [-0.39, 0.29) is 5.91 Å². The Morgan fingerprint density at radius 2 is 2.28 bits per heavy atom. The molecule has 0 aromatic heterocycles. The van der Waals surface area contributed by atoms with Crippen LogP contribution in [0.4, 0.5) is 0 Å². The molecule has 4 heteroatoms. The van der Waals surface area contributed by atoms with E-state index in [0.717, 1.165) is 22.9 Å². The predicted octanol–water partition coefficient (Wildman–Crippen LogP) is 3.28. The van der Waals surface area contributed by atoms with E-state index in [0.29, 0.717) is 24.6 Å². The lowest BCUT2D eigenvalue weighted by molar-refractivity contribution is 0.0746. The predicted molar refractivity (Wildman–Crippen MR) is 73.2 cm³/mol. The van der Waals surface area contributed by atoms with Crippen molar-refractivity contribution in [2.75, 3.05) is 6.54 Å². The second kappa shape index (κ2) is 5.53. The normalized spacial score (nSPS) is 14.1. The van der Waals surface area contributed by atoms with E-state index < -0.39 is 0 Å². The zero-order chi connectivity index (χ0) is 13.1. The van der Waals surface area contributed by atoms with Gasteiger partial charge in [0.15, 0.2) is 0 Å². The fraction of sp³-hybridized carbons (Fsp3) is 0.429. The Bertz CT molecular complexity index is 503. The zero-order valence-corrected chi connectivity index (χ0v) is 11.9. The number of amides is 1. The van der Waals surface area contributed by atoms with E-state index in [1.54, 1.807) is 0 Å². The molecule has 0 spiro atoms. The van der Waals surface area contributed by atoms with Gasteiger partial charge >= 0.3 is 0 Å². The third-order valence-corrected chi connectivity index (χ3v) is 4.19. The van der Waals surface area contributed by atoms with E-state index >= 15 is 0 Å². The van der Waals surface area contributed by atoms with Crippen LogP contribution in [0.5, 0.6) is 0 Å². The Hall–Kier alpha value is -1.34. The van der Waals surface area contributed by atoms with Crippen molar-refractivity contribution in [2.45, 2.75) is 32.2 Å². The fourth-order valence-corrected chi connectivity index (χ4v) is 2.41. The lowest BCUT2D eigenvalue weighted by atomic mass is 10.1. The molecule has 1 fully saturated rings. The average molecular weight is 307 g/mol. The van der Waals surface area contributed by atoms with Crippen LogP contribution >= 0.6 is 15.9 Å². The highest BCUT2D eigenvalue weighted by Gasteiger charge is 2.33. The smallest absolute Gasteiger partial charge is 0.255 e. The van der Waals surface area contributed by atoms with Crippen LogP contribution in [0.2, 0.25) is 0 Å². The van der Waals surface area contributed by atoms with Crippen LogP contribution in [0.3, 0.4) is 0 Å². The van der Waals surface area contributed by atoms with Crippen molar-refractivity contribution < 1.29 is 4.79 Å². The Morgan fingerprint density at radius 1 is 1.56 bits per heavy atom. The van der Waals surface area contributed by atoms with Gasteiger partial charge in [-0.1, -0.05) is 12.1 Å². The van der Waals surface area contributed by atoms with Gasteiger partial charge in [-0.05, 0) is 47.3 Å². The molecular weight excluding hydrogens is 292 g/mol. The van der Waals surface area contributed by atoms with Gasteiger partial charge in [-0.25, -0.2) is 0 Å². The molecule has 0 saturated heterocycles. The van der Waals surface area contributed by atoms with Crippen LogP contribution in [-0.4, -0.2) is 23.4 Å². The summed E-state index contributed by atoms with van der Waals surface area (Å²) < 4.78 is 0.859. The molecule has 3 nitrogen and oxygen atoms in total. The molecule has 1 aromatic rings. The minimum atomic E-state index is 0.0309. The summed E-state index contributed by atoms with van der Waals surface area (Å²) in [4.78, 5) is 14.3. The van der Waals surface area contributed by atoms with Gasteiger partial charge in [-0.15, -0.1) is 0 Å². The molecule has 18 heavy (non-hydrogen) atoms. The van der Waals surface area contributed by atoms with Gasteiger partial charge in [0.1, 0.15) is 0 Å². The van der Waals surface area contributed by atoms with Crippen molar-refractivity contribution in [3.8, 4) is 6.07 Å². The lowest BCUT2D eigenvalue weighted by Gasteiger charge is -2.22. The highest BCUT2D eigenvalue weighted by molar-refractivity contribution is 9.10. The van der Waals surface area contributed by atoms with E-state index in [2.05, 4.69) is 22.0 Å². The quantitative estimate of drug-likeness (QED) is 0.857. The molecule has 0 radical (unpaired) electrons. The number of hydrogen-bond donors (Lipinski definition) is 0. The first kappa shape index (κ1) is 13.1. The number of nitriles is 1. The molecule has 2 rings (SSSR count). The van der Waals surface area contributed by atoms with Crippen LogP contribution in [0, 0.1) is 18.3 Å². The fourth-order valence-electron chi connectivity index (χ4n) is 1.97. The van der Waals surface area contributed by atoms with Crippen LogP contribution in [0.25, 0.3) is 0 Å². The summed E-state index contributed by atoms with van der Waals surface area (Å²) in [7, 11) is 0. The molecular formula is C14H15BrN2O. The van der Waals surface area contributed by atoms with E-state index in [1.165, 1.54) is 0 Å². The van der Waals surface area contributed by atoms with Gasteiger partial charge < -0.3 is 4.90 Å². The first-order valence-corrected chi connectivity index (χ1v) is 6.87. The van der Waals surface area contributed by atoms with Crippen LogP contribution < -0.4 is 0 Å². The Morgan fingerprint density at radius 3 is 2.89 bits per heavy atom. The summed E-state index contributed by atoms with van der Waals surface area (Å²) in [6.07, 6.45) is 2.51. The first-order chi connectivity index (χ1) is 8.65. The van der Waals surface area contributed by atoms with Crippen molar-refractivity contribution in [3.05, 3.63) is 33.8 Å². The van der Waals surface area contributed by atoms with Gasteiger partial charge in [-0.2, -0.15) is 5.26 Å². The van der Waals surface area contributed by atoms with E-state index in [4.69, 9.17) is 5.26 Å². The molecule has 1 amide bonds. The molecule has 1 aliphatic rings. The third kappa shape index (κ3) is 2.73. The summed E-state index contributed by atoms with van der Waals surface area (Å²) in [6.45, 7) is 2.50. The van der Waals surface area contributed by atoms with Crippen LogP contribution in [-0.2, 0) is 0 Å². The highest BCUT2D eigenvalue weighted by atomic mass is 79.9. The van der Waals surface area contributed by atoms with E-state index in [1.807, 2.05) is 30.0 Å². The molecule has 1 aromatic carbocycles. The summed E-state index contributed by atoms with van der Waals surface area (Å²) in [5, 5.41) is 8.67. The van der Waals surface area contributed by atoms with Crippen LogP contribution in [0.1, 0.15) is 35.2 Å². The Labute approximate surface area is 116 Å². The topological polar surface area (TPSA) is 44.1 Å². The maximum atomic E-state index is 12.5. The molecule has 0 unspecified atom stereocenters. The lowest BCUT2D eigenvalue weighted by Crippen LogP contribution is -2.34. The van der Waals surface area contributed by atoms with Gasteiger partial charge in [0, 0.05) is 17.1 Å². The minimum Gasteiger partial charge on any atom is -0.335 e. The van der Waals surface area contributed by atoms with Gasteiger partial charge in [-0.3, -0.25) is 4.79 Å². The van der Waals surface area contributed by atoms with Crippen molar-refractivity contribution in [3.63, 3.8) is 0 Å². The number of carbonyl (C=O) groups is 1. The van der Waals surface area contributed by atoms with Crippen molar-refractivity contribution in [2.24, 2.45) is 0 Å². The molecule has 0 bridgehead atoms. The minimum absolute atomic E-state index is 0.0309. The number of benzene rings is 1. The number of aryl methyl sites for hydroxylation is 1. The molecule has 1 saturated carbocycles. The van der Waals surface area contributed by atoms with E-state index in [9.17, 15) is 4.79 Å². The molecule has 0 N–H and O–H groups in total. The number of hydrogen-bond acceptors (Lipinski definition) is 2. The van der Waals surface area contributed by atoms with Gasteiger partial charge in [0.2, 0.25) is 0 Å². The van der Waals surface area contributed by atoms with Crippen molar-refractivity contribution in [1.29, 1.82) is 5.26 Å². The summed E-state index contributed by atoms with van der Waals surface area (Å²) in [6, 6.07) is 8.14. The standard InChI is InChI=1S/C14H15BrN2O/c1-10-4-2-5-12(13(10)15)14(18)17(9-3-8-16)11-6-7-11/h2,4-5,11H,3,6-7,9H2,1H3. The Balaban J connectivity index is 2.22. The maximum Gasteiger partial charge on any atom is 0.255 e. The summed E-state index contributed by atoms with van der Waals surface area (Å²) in [5.74, 6) is 0.0309. The SMILES string of the molecule is Cc1cccc(C(=O)N(CCC#N)C2CC2)c1Br. The summed E-state index contributed by atoms with van der Waals surface area (Å²) >= 11 is 3.47. The van der Waals surface area contributed by atoms with Gasteiger partial charge in [0.05, 0.1) is 18.1 Å². The molecule has 0 aliphatic heterocycles. The summed E-state index contributed by atoms with van der Waals surface area (Å²) in [5.41, 5.74) is 1.75. The van der Waals surface area contributed by atoms with Crippen molar-refractivity contribution >= 4 is 21.8 Å². The maximum absolute atomic E-state index is 12.5. The highest BCUT2D eigenvalue weighted by Crippen LogP contribution is 2.30. The first-order valence-electron chi connectivity index (χ1n) is 6.08. The van der Waals surface area contributed by atoms with Gasteiger partial charge in [0.25, 0.3) is 5.91 Å². The van der Waals surface area contributed by atoms with Crippen molar-refractivity contribution in [1.82, 2.24) is 4.90 Å². The molecule has 0 atom stereocenters. The molecule has 94 valence electrons. The third-order valence-electron chi connectivity index (χ3n) is 3.14. The average Bonchev–Trinajstić information content (AvgIpc) is 3.17. The monoisotopic (exact) mass is 306 g/mol. The second-order valence-electron chi connectivity index (χ2n) is 4.57. The Kier molecular flexibility index (Phi) is 4.03. The number of carbonyl (C=O) groups excluding carboxylic acids is 1. The molecule has 1 aliphatic carbocycles. The largest absolute Gasteiger partial charge is 0.335 e. The molecule has 0 heterocycles. The zero-order valence-electron chi connectivity index (χ0n) is 10.3. The van der Waals surface area contributed by atoms with Crippen LogP contribution in [0.15, 0.2) is 22.7 Å². The number of rotatable bonds is 4. The second-order valence-corrected chi connectivity index (χ2v) is 5.37. The number of nitrogens with zero attached hydrogens (tertiary/aromatic N) is 2.